The van der Waals surface area contributed by atoms with Gasteiger partial charge in [0, 0.05) is 9.58 Å². The molecule has 7 rings (SSSR count). The van der Waals surface area contributed by atoms with Gasteiger partial charge in [0.05, 0.1) is 0 Å². The van der Waals surface area contributed by atoms with Gasteiger partial charge in [-0.2, -0.15) is 0 Å². The minimum Gasteiger partial charge on any atom is -0.135 e. The molecule has 0 radical (unpaired) electrons. The highest BCUT2D eigenvalue weighted by Crippen LogP contribution is 2.54. The van der Waals surface area contributed by atoms with Crippen molar-refractivity contribution in [3.8, 4) is 10.4 Å². The average Bonchev–Trinajstić information content (AvgIpc) is 3.42. The Labute approximate surface area is 211 Å². The van der Waals surface area contributed by atoms with Crippen LogP contribution in [-0.4, -0.2) is 0 Å². The highest BCUT2D eigenvalue weighted by atomic mass is 32.1. The number of rotatable bonds is 2. The normalized spacial score (nSPS) is 18.3. The minimum atomic E-state index is 0.182. The van der Waals surface area contributed by atoms with Gasteiger partial charge in [-0.1, -0.05) is 105 Å². The van der Waals surface area contributed by atoms with Gasteiger partial charge in [-0.15, -0.1) is 11.3 Å². The minimum absolute atomic E-state index is 0.182. The molecular formula is C34H28S. The van der Waals surface area contributed by atoms with Gasteiger partial charge in [-0.3, -0.25) is 0 Å². The van der Waals surface area contributed by atoms with E-state index in [0.717, 1.165) is 6.42 Å². The van der Waals surface area contributed by atoms with Gasteiger partial charge in [-0.25, -0.2) is 0 Å². The monoisotopic (exact) mass is 468 g/mol. The third kappa shape index (κ3) is 3.04. The second kappa shape index (κ2) is 7.54. The Kier molecular flexibility index (Phi) is 4.50. The van der Waals surface area contributed by atoms with Crippen LogP contribution in [0.1, 0.15) is 42.5 Å². The van der Waals surface area contributed by atoms with E-state index in [2.05, 4.69) is 118 Å². The van der Waals surface area contributed by atoms with Crippen LogP contribution < -0.4 is 0 Å². The molecule has 0 amide bonds. The molecule has 35 heavy (non-hydrogen) atoms. The van der Waals surface area contributed by atoms with E-state index in [1.807, 2.05) is 11.3 Å². The van der Waals surface area contributed by atoms with Crippen molar-refractivity contribution in [2.45, 2.75) is 32.6 Å². The third-order valence-electron chi connectivity index (χ3n) is 8.38. The molecule has 0 nitrogen and oxygen atoms in total. The molecule has 1 heterocycles. The first kappa shape index (κ1) is 20.9. The van der Waals surface area contributed by atoms with Crippen LogP contribution in [0.5, 0.6) is 0 Å². The van der Waals surface area contributed by atoms with E-state index < -0.39 is 0 Å². The Morgan fingerprint density at radius 1 is 0.771 bits per heavy atom. The van der Waals surface area contributed by atoms with Crippen molar-refractivity contribution in [3.63, 3.8) is 0 Å². The van der Waals surface area contributed by atoms with Crippen molar-refractivity contribution in [3.05, 3.63) is 119 Å². The Morgan fingerprint density at radius 3 is 2.43 bits per heavy atom. The Morgan fingerprint density at radius 2 is 1.51 bits per heavy atom. The van der Waals surface area contributed by atoms with Crippen LogP contribution in [0.3, 0.4) is 0 Å². The summed E-state index contributed by atoms with van der Waals surface area (Å²) in [5.41, 5.74) is 10.1. The van der Waals surface area contributed by atoms with E-state index in [1.165, 1.54) is 64.7 Å². The van der Waals surface area contributed by atoms with E-state index >= 15 is 0 Å². The van der Waals surface area contributed by atoms with E-state index in [-0.39, 0.29) is 5.41 Å². The highest BCUT2D eigenvalue weighted by molar-refractivity contribution is 7.23. The Bertz CT molecular complexity index is 1710. The molecule has 2 aliphatic rings. The van der Waals surface area contributed by atoms with Crippen molar-refractivity contribution in [2.24, 2.45) is 5.92 Å². The van der Waals surface area contributed by atoms with Crippen molar-refractivity contribution < 1.29 is 0 Å². The standard InChI is InChI=1S/C34H28S/c1-21-25(23-17-18-31-29(19-23)28-11-6-7-14-30(28)34(31,2)3)12-8-13-26(21)32-20-24-16-15-22-9-4-5-10-27(22)33(24)35-32/h4-17,19-20,31H,18H2,1-3H3. The summed E-state index contributed by atoms with van der Waals surface area (Å²) in [6.45, 7) is 7.12. The zero-order valence-electron chi connectivity index (χ0n) is 20.4. The molecule has 1 aromatic heterocycles. The molecular weight excluding hydrogens is 440 g/mol. The molecule has 1 heteroatoms. The molecule has 4 aromatic carbocycles. The molecule has 0 fully saturated rings. The summed E-state index contributed by atoms with van der Waals surface area (Å²) >= 11 is 1.92. The van der Waals surface area contributed by atoms with Crippen molar-refractivity contribution in [1.29, 1.82) is 0 Å². The van der Waals surface area contributed by atoms with Gasteiger partial charge in [0.2, 0.25) is 0 Å². The molecule has 2 aliphatic carbocycles. The molecule has 0 spiro atoms. The summed E-state index contributed by atoms with van der Waals surface area (Å²) < 4.78 is 1.38. The van der Waals surface area contributed by atoms with Crippen molar-refractivity contribution >= 4 is 43.3 Å². The number of hydrogen-bond donors (Lipinski definition) is 0. The van der Waals surface area contributed by atoms with Crippen LogP contribution in [0.4, 0.5) is 0 Å². The lowest BCUT2D eigenvalue weighted by Gasteiger charge is -2.30. The third-order valence-corrected chi connectivity index (χ3v) is 9.60. The number of hydrogen-bond acceptors (Lipinski definition) is 1. The van der Waals surface area contributed by atoms with Crippen LogP contribution in [-0.2, 0) is 5.41 Å². The maximum atomic E-state index is 2.48. The fourth-order valence-electron chi connectivity index (χ4n) is 6.44. The van der Waals surface area contributed by atoms with Crippen LogP contribution in [0.2, 0.25) is 0 Å². The summed E-state index contributed by atoms with van der Waals surface area (Å²) in [6, 6.07) is 31.5. The molecule has 0 saturated carbocycles. The van der Waals surface area contributed by atoms with Gasteiger partial charge in [0.1, 0.15) is 0 Å². The molecule has 170 valence electrons. The van der Waals surface area contributed by atoms with Gasteiger partial charge in [0.25, 0.3) is 0 Å². The summed E-state index contributed by atoms with van der Waals surface area (Å²) in [6.07, 6.45) is 6.06. The highest BCUT2D eigenvalue weighted by Gasteiger charge is 2.43. The fourth-order valence-corrected chi connectivity index (χ4v) is 7.71. The zero-order valence-corrected chi connectivity index (χ0v) is 21.2. The Balaban J connectivity index is 1.34. The van der Waals surface area contributed by atoms with Crippen LogP contribution in [0, 0.1) is 12.8 Å². The van der Waals surface area contributed by atoms with Gasteiger partial charge >= 0.3 is 0 Å². The van der Waals surface area contributed by atoms with Gasteiger partial charge in [0.15, 0.2) is 0 Å². The summed E-state index contributed by atoms with van der Waals surface area (Å²) in [7, 11) is 0. The van der Waals surface area contributed by atoms with Gasteiger partial charge < -0.3 is 0 Å². The first-order valence-corrected chi connectivity index (χ1v) is 13.4. The lowest BCUT2D eigenvalue weighted by Crippen LogP contribution is -2.24. The lowest BCUT2D eigenvalue weighted by molar-refractivity contribution is 0.415. The molecule has 0 aliphatic heterocycles. The summed E-state index contributed by atoms with van der Waals surface area (Å²) in [5, 5.41) is 4.00. The molecule has 1 atom stereocenters. The number of allylic oxidation sites excluding steroid dienone is 4. The lowest BCUT2D eigenvalue weighted by atomic mass is 9.73. The van der Waals surface area contributed by atoms with Gasteiger partial charge in [-0.05, 0) is 85.9 Å². The quantitative estimate of drug-likeness (QED) is 0.242. The largest absolute Gasteiger partial charge is 0.135 e. The SMILES string of the molecule is Cc1c(C2=CCC3C(=C2)c2ccccc2C3(C)C)cccc1-c1cc2ccc3ccccc3c2s1. The van der Waals surface area contributed by atoms with Crippen LogP contribution in [0.15, 0.2) is 97.1 Å². The number of thiophene rings is 1. The maximum absolute atomic E-state index is 2.48. The van der Waals surface area contributed by atoms with E-state index in [1.54, 1.807) is 0 Å². The van der Waals surface area contributed by atoms with Crippen molar-refractivity contribution in [1.82, 2.24) is 0 Å². The second-order valence-electron chi connectivity index (χ2n) is 10.6. The average molecular weight is 469 g/mol. The first-order valence-electron chi connectivity index (χ1n) is 12.6. The van der Waals surface area contributed by atoms with E-state index in [0.29, 0.717) is 5.92 Å². The molecule has 5 aromatic rings. The molecule has 1 unspecified atom stereocenters. The smallest absolute Gasteiger partial charge is 0.0427 e. The number of fused-ring (bicyclic) bond motifs is 6. The zero-order chi connectivity index (χ0) is 23.7. The fraction of sp³-hybridized carbons (Fsp3) is 0.176. The molecule has 0 bridgehead atoms. The van der Waals surface area contributed by atoms with E-state index in [9.17, 15) is 0 Å². The number of benzene rings is 4. The predicted octanol–water partition coefficient (Wildman–Crippen LogP) is 9.81. The Hall–Kier alpha value is -3.42. The predicted molar refractivity (Wildman–Crippen MR) is 153 cm³/mol. The maximum Gasteiger partial charge on any atom is 0.0427 e. The first-order chi connectivity index (χ1) is 17.0. The molecule has 0 saturated heterocycles. The van der Waals surface area contributed by atoms with Crippen LogP contribution in [0.25, 0.3) is 42.4 Å². The topological polar surface area (TPSA) is 0 Å². The summed E-state index contributed by atoms with van der Waals surface area (Å²) in [4.78, 5) is 1.35. The summed E-state index contributed by atoms with van der Waals surface area (Å²) in [5.74, 6) is 0.558. The van der Waals surface area contributed by atoms with Crippen LogP contribution >= 0.6 is 11.3 Å². The van der Waals surface area contributed by atoms with E-state index in [4.69, 9.17) is 0 Å². The molecule has 0 N–H and O–H groups in total. The second-order valence-corrected chi connectivity index (χ2v) is 11.7. The van der Waals surface area contributed by atoms with Crippen molar-refractivity contribution in [2.75, 3.05) is 0 Å².